The molecule has 0 aromatic heterocycles. The largest absolute Gasteiger partial charge is 0.386 e. The molecule has 15 heavy (non-hydrogen) atoms. The molecule has 4 nitrogen and oxygen atoms in total. The topological polar surface area (TPSA) is 41.9 Å². The van der Waals surface area contributed by atoms with E-state index < -0.39 is 12.4 Å². The standard InChI is InChI=1S/C11H25NO3/c1-5-12(6-2)9-10(13)11(14-7-3)15-8-4/h10-11,13H,5-9H2,1-4H3/t10-/m0/s1. The van der Waals surface area contributed by atoms with Gasteiger partial charge in [-0.1, -0.05) is 13.8 Å². The third kappa shape index (κ3) is 6.10. The van der Waals surface area contributed by atoms with Gasteiger partial charge >= 0.3 is 0 Å². The van der Waals surface area contributed by atoms with Crippen LogP contribution in [0.4, 0.5) is 0 Å². The van der Waals surface area contributed by atoms with Gasteiger partial charge in [-0.15, -0.1) is 0 Å². The van der Waals surface area contributed by atoms with Crippen LogP contribution in [-0.2, 0) is 9.47 Å². The van der Waals surface area contributed by atoms with Crippen LogP contribution in [-0.4, -0.2) is 55.2 Å². The van der Waals surface area contributed by atoms with E-state index in [9.17, 15) is 5.11 Å². The van der Waals surface area contributed by atoms with Crippen LogP contribution in [0.15, 0.2) is 0 Å². The highest BCUT2D eigenvalue weighted by Gasteiger charge is 2.21. The van der Waals surface area contributed by atoms with E-state index in [4.69, 9.17) is 9.47 Å². The molecule has 1 atom stereocenters. The number of aliphatic hydroxyl groups is 1. The second kappa shape index (κ2) is 9.09. The molecule has 0 aromatic carbocycles. The minimum Gasteiger partial charge on any atom is -0.386 e. The van der Waals surface area contributed by atoms with Gasteiger partial charge in [-0.2, -0.15) is 0 Å². The predicted octanol–water partition coefficient (Wildman–Crippen LogP) is 1.09. The monoisotopic (exact) mass is 219 g/mol. The van der Waals surface area contributed by atoms with Gasteiger partial charge in [0.1, 0.15) is 6.10 Å². The quantitative estimate of drug-likeness (QED) is 0.589. The van der Waals surface area contributed by atoms with Crippen LogP contribution in [0.3, 0.4) is 0 Å². The Labute approximate surface area is 93.2 Å². The number of hydrogen-bond donors (Lipinski definition) is 1. The van der Waals surface area contributed by atoms with Crippen LogP contribution >= 0.6 is 0 Å². The van der Waals surface area contributed by atoms with Crippen molar-refractivity contribution in [3.8, 4) is 0 Å². The minimum atomic E-state index is -0.579. The van der Waals surface area contributed by atoms with Crippen LogP contribution in [0.25, 0.3) is 0 Å². The fraction of sp³-hybridized carbons (Fsp3) is 1.00. The first-order valence-electron chi connectivity index (χ1n) is 5.83. The highest BCUT2D eigenvalue weighted by molar-refractivity contribution is 4.66. The Morgan fingerprint density at radius 2 is 1.47 bits per heavy atom. The van der Waals surface area contributed by atoms with Crippen molar-refractivity contribution in [1.82, 2.24) is 4.90 Å². The van der Waals surface area contributed by atoms with Gasteiger partial charge in [-0.25, -0.2) is 0 Å². The number of nitrogens with zero attached hydrogens (tertiary/aromatic N) is 1. The molecule has 1 N–H and O–H groups in total. The van der Waals surface area contributed by atoms with Crippen LogP contribution in [0.1, 0.15) is 27.7 Å². The number of aliphatic hydroxyl groups excluding tert-OH is 1. The Kier molecular flexibility index (Phi) is 9.00. The fourth-order valence-electron chi connectivity index (χ4n) is 1.43. The molecule has 0 aromatic rings. The maximum Gasteiger partial charge on any atom is 0.184 e. The van der Waals surface area contributed by atoms with Crippen molar-refractivity contribution >= 4 is 0 Å². The summed E-state index contributed by atoms with van der Waals surface area (Å²) in [6, 6.07) is 0. The van der Waals surface area contributed by atoms with E-state index in [1.54, 1.807) is 0 Å². The van der Waals surface area contributed by atoms with E-state index in [-0.39, 0.29) is 0 Å². The van der Waals surface area contributed by atoms with Gasteiger partial charge in [-0.05, 0) is 26.9 Å². The van der Waals surface area contributed by atoms with E-state index in [2.05, 4.69) is 18.7 Å². The molecular formula is C11H25NO3. The number of likely N-dealkylation sites (N-methyl/N-ethyl adjacent to an activating group) is 1. The van der Waals surface area contributed by atoms with Gasteiger partial charge < -0.3 is 19.5 Å². The van der Waals surface area contributed by atoms with Crippen molar-refractivity contribution < 1.29 is 14.6 Å². The lowest BCUT2D eigenvalue weighted by molar-refractivity contribution is -0.192. The third-order valence-electron chi connectivity index (χ3n) is 2.32. The van der Waals surface area contributed by atoms with E-state index in [1.807, 2.05) is 13.8 Å². The normalized spacial score (nSPS) is 13.8. The molecule has 0 heterocycles. The van der Waals surface area contributed by atoms with Gasteiger partial charge in [0.2, 0.25) is 0 Å². The third-order valence-corrected chi connectivity index (χ3v) is 2.32. The Morgan fingerprint density at radius 3 is 1.80 bits per heavy atom. The van der Waals surface area contributed by atoms with Crippen molar-refractivity contribution in [3.05, 3.63) is 0 Å². The summed E-state index contributed by atoms with van der Waals surface area (Å²) < 4.78 is 10.7. The zero-order valence-electron chi connectivity index (χ0n) is 10.4. The summed E-state index contributed by atoms with van der Waals surface area (Å²) in [6.07, 6.45) is -1.08. The summed E-state index contributed by atoms with van der Waals surface area (Å²) in [6.45, 7) is 11.5. The van der Waals surface area contributed by atoms with Crippen LogP contribution in [0.5, 0.6) is 0 Å². The molecule has 0 spiro atoms. The summed E-state index contributed by atoms with van der Waals surface area (Å²) >= 11 is 0. The van der Waals surface area contributed by atoms with Crippen molar-refractivity contribution in [2.45, 2.75) is 40.1 Å². The summed E-state index contributed by atoms with van der Waals surface area (Å²) in [5.74, 6) is 0. The van der Waals surface area contributed by atoms with Gasteiger partial charge in [0.05, 0.1) is 0 Å². The van der Waals surface area contributed by atoms with Crippen molar-refractivity contribution in [3.63, 3.8) is 0 Å². The van der Waals surface area contributed by atoms with Crippen LogP contribution in [0, 0.1) is 0 Å². The van der Waals surface area contributed by atoms with Crippen molar-refractivity contribution in [2.24, 2.45) is 0 Å². The zero-order chi connectivity index (χ0) is 11.7. The SMILES string of the molecule is CCOC(OCC)[C@@H](O)CN(CC)CC. The molecule has 0 amide bonds. The van der Waals surface area contributed by atoms with E-state index >= 15 is 0 Å². The Morgan fingerprint density at radius 1 is 1.00 bits per heavy atom. The van der Waals surface area contributed by atoms with E-state index in [0.29, 0.717) is 19.8 Å². The molecule has 0 aliphatic carbocycles. The lowest BCUT2D eigenvalue weighted by atomic mass is 10.3. The average molecular weight is 219 g/mol. The summed E-state index contributed by atoms with van der Waals surface area (Å²) in [5, 5.41) is 9.91. The maximum atomic E-state index is 9.91. The Hall–Kier alpha value is -0.160. The number of rotatable bonds is 9. The van der Waals surface area contributed by atoms with Gasteiger partial charge in [0.15, 0.2) is 6.29 Å². The molecule has 0 unspecified atom stereocenters. The molecular weight excluding hydrogens is 194 g/mol. The molecule has 0 fully saturated rings. The molecule has 4 heteroatoms. The molecule has 0 aliphatic rings. The molecule has 0 saturated carbocycles. The van der Waals surface area contributed by atoms with Gasteiger partial charge in [0.25, 0.3) is 0 Å². The molecule has 92 valence electrons. The molecule has 0 aliphatic heterocycles. The Balaban J connectivity index is 4.04. The number of hydrogen-bond acceptors (Lipinski definition) is 4. The zero-order valence-corrected chi connectivity index (χ0v) is 10.4. The van der Waals surface area contributed by atoms with Crippen LogP contribution < -0.4 is 0 Å². The predicted molar refractivity (Wildman–Crippen MR) is 60.8 cm³/mol. The second-order valence-electron chi connectivity index (χ2n) is 3.33. The van der Waals surface area contributed by atoms with Crippen molar-refractivity contribution in [2.75, 3.05) is 32.8 Å². The fourth-order valence-corrected chi connectivity index (χ4v) is 1.43. The smallest absolute Gasteiger partial charge is 0.184 e. The minimum absolute atomic E-state index is 0.499. The van der Waals surface area contributed by atoms with Crippen molar-refractivity contribution in [1.29, 1.82) is 0 Å². The molecule has 0 bridgehead atoms. The molecule has 0 radical (unpaired) electrons. The summed E-state index contributed by atoms with van der Waals surface area (Å²) in [4.78, 5) is 2.15. The maximum absolute atomic E-state index is 9.91. The van der Waals surface area contributed by atoms with E-state index in [0.717, 1.165) is 13.1 Å². The average Bonchev–Trinajstić information content (AvgIpc) is 2.25. The van der Waals surface area contributed by atoms with Gasteiger partial charge in [0, 0.05) is 19.8 Å². The Bertz CT molecular complexity index is 134. The second-order valence-corrected chi connectivity index (χ2v) is 3.33. The molecule has 0 rings (SSSR count). The summed E-state index contributed by atoms with van der Waals surface area (Å²) in [5.41, 5.74) is 0. The molecule has 0 saturated heterocycles. The lowest BCUT2D eigenvalue weighted by Crippen LogP contribution is -2.41. The number of ether oxygens (including phenoxy) is 2. The first kappa shape index (κ1) is 14.8. The first-order valence-corrected chi connectivity index (χ1v) is 5.83. The summed E-state index contributed by atoms with van der Waals surface area (Å²) in [7, 11) is 0. The highest BCUT2D eigenvalue weighted by atomic mass is 16.7. The lowest BCUT2D eigenvalue weighted by Gasteiger charge is -2.27. The van der Waals surface area contributed by atoms with E-state index in [1.165, 1.54) is 0 Å². The van der Waals surface area contributed by atoms with Gasteiger partial charge in [-0.3, -0.25) is 0 Å². The first-order chi connectivity index (χ1) is 7.19. The van der Waals surface area contributed by atoms with Crippen LogP contribution in [0.2, 0.25) is 0 Å². The highest BCUT2D eigenvalue weighted by Crippen LogP contribution is 2.04.